The number of hydrogen-bond donors (Lipinski definition) is 1. The molecular formula is C17H25NO2. The minimum Gasteiger partial charge on any atom is -0.481 e. The summed E-state index contributed by atoms with van der Waals surface area (Å²) in [4.78, 5) is 13.6. The molecule has 1 aromatic carbocycles. The van der Waals surface area contributed by atoms with Crippen LogP contribution in [0.5, 0.6) is 0 Å². The van der Waals surface area contributed by atoms with Crippen molar-refractivity contribution in [2.24, 2.45) is 5.41 Å². The van der Waals surface area contributed by atoms with E-state index in [1.54, 1.807) is 0 Å². The second kappa shape index (κ2) is 6.40. The molecule has 0 amide bonds. The van der Waals surface area contributed by atoms with E-state index in [4.69, 9.17) is 0 Å². The van der Waals surface area contributed by atoms with Crippen LogP contribution in [0.3, 0.4) is 0 Å². The third kappa shape index (κ3) is 4.07. The molecule has 1 heterocycles. The number of carbonyl (C=O) groups is 1. The van der Waals surface area contributed by atoms with Crippen LogP contribution in [-0.2, 0) is 4.79 Å². The lowest BCUT2D eigenvalue weighted by Crippen LogP contribution is -2.32. The van der Waals surface area contributed by atoms with Crippen LogP contribution in [0, 0.1) is 5.41 Å². The second-order valence-electron chi connectivity index (χ2n) is 6.58. The van der Waals surface area contributed by atoms with Crippen LogP contribution in [0.25, 0.3) is 0 Å². The molecule has 1 fully saturated rings. The predicted octanol–water partition coefficient (Wildman–Crippen LogP) is 3.71. The number of benzene rings is 1. The van der Waals surface area contributed by atoms with Gasteiger partial charge in [0, 0.05) is 6.04 Å². The number of carboxylic acid groups (broad SMARTS) is 1. The first-order valence-corrected chi connectivity index (χ1v) is 7.49. The van der Waals surface area contributed by atoms with Gasteiger partial charge in [-0.05, 0) is 43.3 Å². The van der Waals surface area contributed by atoms with Gasteiger partial charge in [0.25, 0.3) is 0 Å². The molecule has 0 radical (unpaired) electrons. The lowest BCUT2D eigenvalue weighted by atomic mass is 9.85. The largest absolute Gasteiger partial charge is 0.481 e. The third-order valence-corrected chi connectivity index (χ3v) is 4.37. The van der Waals surface area contributed by atoms with Crippen molar-refractivity contribution in [2.45, 2.75) is 45.6 Å². The summed E-state index contributed by atoms with van der Waals surface area (Å²) in [7, 11) is 0. The minimum atomic E-state index is -0.720. The maximum absolute atomic E-state index is 11.2. The molecule has 3 heteroatoms. The Bertz CT molecular complexity index is 442. The smallest absolute Gasteiger partial charge is 0.305 e. The Labute approximate surface area is 121 Å². The van der Waals surface area contributed by atoms with Crippen molar-refractivity contribution in [3.05, 3.63) is 35.9 Å². The van der Waals surface area contributed by atoms with Crippen LogP contribution < -0.4 is 0 Å². The average molecular weight is 275 g/mol. The summed E-state index contributed by atoms with van der Waals surface area (Å²) in [6.45, 7) is 6.60. The SMILES string of the molecule is CC1(C)CCCN(C(CC(=O)O)c2ccccc2)CC1. The summed E-state index contributed by atoms with van der Waals surface area (Å²) >= 11 is 0. The number of rotatable bonds is 4. The van der Waals surface area contributed by atoms with Gasteiger partial charge in [-0.25, -0.2) is 0 Å². The molecule has 1 saturated heterocycles. The first-order chi connectivity index (χ1) is 9.48. The summed E-state index contributed by atoms with van der Waals surface area (Å²) in [6, 6.07) is 10.1. The molecule has 110 valence electrons. The van der Waals surface area contributed by atoms with Gasteiger partial charge in [-0.1, -0.05) is 44.2 Å². The molecule has 1 aliphatic heterocycles. The maximum Gasteiger partial charge on any atom is 0.305 e. The summed E-state index contributed by atoms with van der Waals surface area (Å²) in [5.41, 5.74) is 1.49. The van der Waals surface area contributed by atoms with Crippen LogP contribution in [0.15, 0.2) is 30.3 Å². The van der Waals surface area contributed by atoms with Gasteiger partial charge in [0.1, 0.15) is 0 Å². The fourth-order valence-corrected chi connectivity index (χ4v) is 3.05. The topological polar surface area (TPSA) is 40.5 Å². The van der Waals surface area contributed by atoms with Crippen molar-refractivity contribution in [3.8, 4) is 0 Å². The Morgan fingerprint density at radius 1 is 1.25 bits per heavy atom. The molecular weight excluding hydrogens is 250 g/mol. The molecule has 3 nitrogen and oxygen atoms in total. The molecule has 1 N–H and O–H groups in total. The highest BCUT2D eigenvalue weighted by molar-refractivity contribution is 5.68. The van der Waals surface area contributed by atoms with Gasteiger partial charge in [-0.15, -0.1) is 0 Å². The van der Waals surface area contributed by atoms with Crippen LogP contribution >= 0.6 is 0 Å². The standard InChI is InChI=1S/C17H25NO2/c1-17(2)9-6-11-18(12-10-17)15(13-16(19)20)14-7-4-3-5-8-14/h3-5,7-8,15H,6,9-13H2,1-2H3,(H,19,20). The zero-order valence-corrected chi connectivity index (χ0v) is 12.5. The van der Waals surface area contributed by atoms with Crippen molar-refractivity contribution >= 4 is 5.97 Å². The Balaban J connectivity index is 2.16. The monoisotopic (exact) mass is 275 g/mol. The van der Waals surface area contributed by atoms with Crippen LogP contribution in [0.1, 0.15) is 51.1 Å². The fourth-order valence-electron chi connectivity index (χ4n) is 3.05. The van der Waals surface area contributed by atoms with Crippen LogP contribution in [-0.4, -0.2) is 29.1 Å². The van der Waals surface area contributed by atoms with Gasteiger partial charge in [0.15, 0.2) is 0 Å². The highest BCUT2D eigenvalue weighted by Gasteiger charge is 2.28. The molecule has 1 aromatic rings. The van der Waals surface area contributed by atoms with Gasteiger partial charge < -0.3 is 5.11 Å². The Hall–Kier alpha value is -1.35. The third-order valence-electron chi connectivity index (χ3n) is 4.37. The van der Waals surface area contributed by atoms with E-state index in [9.17, 15) is 9.90 Å². The summed E-state index contributed by atoms with van der Waals surface area (Å²) in [6.07, 6.45) is 3.69. The Morgan fingerprint density at radius 3 is 2.60 bits per heavy atom. The molecule has 1 unspecified atom stereocenters. The number of carboxylic acids is 1. The summed E-state index contributed by atoms with van der Waals surface area (Å²) in [5.74, 6) is -0.720. The number of hydrogen-bond acceptors (Lipinski definition) is 2. The van der Waals surface area contributed by atoms with Crippen molar-refractivity contribution in [2.75, 3.05) is 13.1 Å². The average Bonchev–Trinajstić information content (AvgIpc) is 2.58. The minimum absolute atomic E-state index is 0.00241. The van der Waals surface area contributed by atoms with E-state index in [1.165, 1.54) is 6.42 Å². The van der Waals surface area contributed by atoms with Crippen LogP contribution in [0.4, 0.5) is 0 Å². The number of aliphatic carboxylic acids is 1. The van der Waals surface area contributed by atoms with Crippen molar-refractivity contribution in [1.82, 2.24) is 4.90 Å². The van der Waals surface area contributed by atoms with Crippen molar-refractivity contribution < 1.29 is 9.90 Å². The van der Waals surface area contributed by atoms with Gasteiger partial charge in [0.05, 0.1) is 6.42 Å². The number of likely N-dealkylation sites (tertiary alicyclic amines) is 1. The fraction of sp³-hybridized carbons (Fsp3) is 0.588. The Morgan fingerprint density at radius 2 is 1.95 bits per heavy atom. The van der Waals surface area contributed by atoms with Gasteiger partial charge >= 0.3 is 5.97 Å². The molecule has 1 aliphatic rings. The quantitative estimate of drug-likeness (QED) is 0.910. The van der Waals surface area contributed by atoms with Crippen molar-refractivity contribution in [3.63, 3.8) is 0 Å². The maximum atomic E-state index is 11.2. The summed E-state index contributed by atoms with van der Waals surface area (Å²) < 4.78 is 0. The van der Waals surface area contributed by atoms with E-state index in [0.29, 0.717) is 5.41 Å². The summed E-state index contributed by atoms with van der Waals surface area (Å²) in [5, 5.41) is 9.22. The molecule has 20 heavy (non-hydrogen) atoms. The van der Waals surface area contributed by atoms with E-state index in [1.807, 2.05) is 30.3 Å². The van der Waals surface area contributed by atoms with Crippen molar-refractivity contribution in [1.29, 1.82) is 0 Å². The molecule has 1 atom stereocenters. The van der Waals surface area contributed by atoms with E-state index in [0.717, 1.165) is 31.5 Å². The first kappa shape index (κ1) is 15.0. The Kier molecular flexibility index (Phi) is 4.81. The lowest BCUT2D eigenvalue weighted by molar-refractivity contribution is -0.138. The van der Waals surface area contributed by atoms with E-state index in [-0.39, 0.29) is 12.5 Å². The van der Waals surface area contributed by atoms with Gasteiger partial charge in [-0.3, -0.25) is 9.69 Å². The molecule has 0 saturated carbocycles. The molecule has 2 rings (SSSR count). The zero-order chi connectivity index (χ0) is 14.6. The van der Waals surface area contributed by atoms with E-state index >= 15 is 0 Å². The highest BCUT2D eigenvalue weighted by Crippen LogP contribution is 2.34. The van der Waals surface area contributed by atoms with Gasteiger partial charge in [-0.2, -0.15) is 0 Å². The second-order valence-corrected chi connectivity index (χ2v) is 6.58. The normalized spacial score (nSPS) is 21.1. The van der Waals surface area contributed by atoms with E-state index in [2.05, 4.69) is 18.7 Å². The molecule has 0 spiro atoms. The number of nitrogens with zero attached hydrogens (tertiary/aromatic N) is 1. The molecule has 0 aliphatic carbocycles. The van der Waals surface area contributed by atoms with Gasteiger partial charge in [0.2, 0.25) is 0 Å². The molecule has 0 aromatic heterocycles. The van der Waals surface area contributed by atoms with Crippen LogP contribution in [0.2, 0.25) is 0 Å². The predicted molar refractivity (Wildman–Crippen MR) is 80.6 cm³/mol. The first-order valence-electron chi connectivity index (χ1n) is 7.49. The lowest BCUT2D eigenvalue weighted by Gasteiger charge is -2.30. The highest BCUT2D eigenvalue weighted by atomic mass is 16.4. The molecule has 0 bridgehead atoms. The zero-order valence-electron chi connectivity index (χ0n) is 12.5. The van der Waals surface area contributed by atoms with E-state index < -0.39 is 5.97 Å².